The summed E-state index contributed by atoms with van der Waals surface area (Å²) in [6, 6.07) is 3.48. The molecule has 134 valence electrons. The number of nitrogens with zero attached hydrogens (tertiary/aromatic N) is 3. The lowest BCUT2D eigenvalue weighted by Gasteiger charge is -2.19. The number of halogens is 4. The molecule has 0 amide bonds. The van der Waals surface area contributed by atoms with E-state index in [2.05, 4.69) is 20.6 Å². The Kier molecular flexibility index (Phi) is 6.68. The quantitative estimate of drug-likeness (QED) is 0.479. The second-order valence-corrected chi connectivity index (χ2v) is 6.05. The fraction of sp³-hybridized carbons (Fsp3) is 0.600. The Morgan fingerprint density at radius 2 is 2.25 bits per heavy atom. The number of likely N-dealkylation sites (tertiary alicyclic amines) is 1. The summed E-state index contributed by atoms with van der Waals surface area (Å²) in [5.74, 6) is 0.589. The van der Waals surface area contributed by atoms with Crippen molar-refractivity contribution in [2.75, 3.05) is 26.2 Å². The van der Waals surface area contributed by atoms with Gasteiger partial charge in [0.1, 0.15) is 5.15 Å². The molecule has 0 aliphatic carbocycles. The van der Waals surface area contributed by atoms with E-state index in [4.69, 9.17) is 11.6 Å². The molecule has 2 heterocycles. The van der Waals surface area contributed by atoms with Crippen molar-refractivity contribution in [1.29, 1.82) is 0 Å². The predicted molar refractivity (Wildman–Crippen MR) is 88.1 cm³/mol. The molecule has 0 aromatic carbocycles. The first-order valence-electron chi connectivity index (χ1n) is 7.80. The molecule has 1 aliphatic rings. The van der Waals surface area contributed by atoms with Gasteiger partial charge in [-0.1, -0.05) is 17.7 Å². The molecular formula is C15H21ClF3N5. The molecule has 24 heavy (non-hydrogen) atoms. The van der Waals surface area contributed by atoms with E-state index in [1.54, 1.807) is 12.3 Å². The van der Waals surface area contributed by atoms with Crippen molar-refractivity contribution in [1.82, 2.24) is 20.5 Å². The molecule has 2 N–H and O–H groups in total. The lowest BCUT2D eigenvalue weighted by atomic mass is 10.2. The highest BCUT2D eigenvalue weighted by Crippen LogP contribution is 2.19. The van der Waals surface area contributed by atoms with Crippen molar-refractivity contribution in [3.05, 3.63) is 29.0 Å². The maximum atomic E-state index is 12.4. The first-order chi connectivity index (χ1) is 11.4. The fourth-order valence-corrected chi connectivity index (χ4v) is 2.64. The van der Waals surface area contributed by atoms with Gasteiger partial charge in [0.25, 0.3) is 0 Å². The third kappa shape index (κ3) is 6.52. The largest absolute Gasteiger partial charge is 0.401 e. The van der Waals surface area contributed by atoms with Gasteiger partial charge in [0, 0.05) is 31.9 Å². The number of guanidine groups is 1. The molecule has 2 rings (SSSR count). The molecule has 5 nitrogen and oxygen atoms in total. The van der Waals surface area contributed by atoms with Gasteiger partial charge in [-0.25, -0.2) is 9.98 Å². The summed E-state index contributed by atoms with van der Waals surface area (Å²) < 4.78 is 37.3. The van der Waals surface area contributed by atoms with Gasteiger partial charge in [0.05, 0.1) is 13.1 Å². The molecule has 1 saturated heterocycles. The number of aromatic nitrogens is 1. The van der Waals surface area contributed by atoms with Gasteiger partial charge >= 0.3 is 6.18 Å². The minimum Gasteiger partial charge on any atom is -0.357 e. The van der Waals surface area contributed by atoms with E-state index >= 15 is 0 Å². The summed E-state index contributed by atoms with van der Waals surface area (Å²) >= 11 is 5.74. The Balaban J connectivity index is 1.89. The topological polar surface area (TPSA) is 52.6 Å². The Morgan fingerprint density at radius 1 is 1.46 bits per heavy atom. The second kappa shape index (κ2) is 8.53. The van der Waals surface area contributed by atoms with Crippen LogP contribution in [-0.2, 0) is 6.54 Å². The second-order valence-electron chi connectivity index (χ2n) is 5.66. The molecule has 0 saturated carbocycles. The van der Waals surface area contributed by atoms with Crippen LogP contribution in [0.25, 0.3) is 0 Å². The SMILES string of the molecule is CCNC(=NCc1ccc(Cl)nc1)NC1CCN(CC(F)(F)F)C1. The summed E-state index contributed by atoms with van der Waals surface area (Å²) in [4.78, 5) is 9.85. The molecular weight excluding hydrogens is 343 g/mol. The van der Waals surface area contributed by atoms with Gasteiger partial charge in [-0.15, -0.1) is 0 Å². The minimum absolute atomic E-state index is 0.0477. The van der Waals surface area contributed by atoms with Crippen molar-refractivity contribution >= 4 is 17.6 Å². The zero-order valence-corrected chi connectivity index (χ0v) is 14.2. The Hall–Kier alpha value is -1.54. The average molecular weight is 364 g/mol. The van der Waals surface area contributed by atoms with E-state index in [0.717, 1.165) is 5.56 Å². The monoisotopic (exact) mass is 363 g/mol. The van der Waals surface area contributed by atoms with Crippen molar-refractivity contribution < 1.29 is 13.2 Å². The zero-order chi connectivity index (χ0) is 17.6. The van der Waals surface area contributed by atoms with Crippen LogP contribution in [0.5, 0.6) is 0 Å². The number of alkyl halides is 3. The van der Waals surface area contributed by atoms with Crippen LogP contribution in [0.4, 0.5) is 13.2 Å². The number of rotatable bonds is 5. The molecule has 9 heteroatoms. The summed E-state index contributed by atoms with van der Waals surface area (Å²) in [6.45, 7) is 2.94. The molecule has 0 spiro atoms. The van der Waals surface area contributed by atoms with Gasteiger partial charge < -0.3 is 10.6 Å². The van der Waals surface area contributed by atoms with E-state index in [1.807, 2.05) is 13.0 Å². The first-order valence-corrected chi connectivity index (χ1v) is 8.18. The number of aliphatic imine (C=N–C) groups is 1. The third-order valence-electron chi connectivity index (χ3n) is 3.57. The van der Waals surface area contributed by atoms with Crippen molar-refractivity contribution in [2.45, 2.75) is 32.1 Å². The van der Waals surface area contributed by atoms with Crippen molar-refractivity contribution in [3.8, 4) is 0 Å². The van der Waals surface area contributed by atoms with Gasteiger partial charge in [0.15, 0.2) is 5.96 Å². The average Bonchev–Trinajstić information content (AvgIpc) is 2.91. The minimum atomic E-state index is -4.16. The Bertz CT molecular complexity index is 547. The lowest BCUT2D eigenvalue weighted by molar-refractivity contribution is -0.143. The highest BCUT2D eigenvalue weighted by molar-refractivity contribution is 6.29. The first kappa shape index (κ1) is 18.8. The van der Waals surface area contributed by atoms with E-state index in [1.165, 1.54) is 4.90 Å². The molecule has 0 radical (unpaired) electrons. The van der Waals surface area contributed by atoms with Gasteiger partial charge in [-0.05, 0) is 25.0 Å². The number of hydrogen-bond donors (Lipinski definition) is 2. The van der Waals surface area contributed by atoms with Gasteiger partial charge in [-0.2, -0.15) is 13.2 Å². The zero-order valence-electron chi connectivity index (χ0n) is 13.4. The van der Waals surface area contributed by atoms with Crippen LogP contribution in [0.3, 0.4) is 0 Å². The van der Waals surface area contributed by atoms with Crippen LogP contribution in [-0.4, -0.2) is 54.2 Å². The standard InChI is InChI=1S/C15H21ClF3N5/c1-2-20-14(22-8-11-3-4-13(16)21-7-11)23-12-5-6-24(9-12)10-15(17,18)19/h3-4,7,12H,2,5-6,8-10H2,1H3,(H2,20,22,23). The molecule has 1 aromatic heterocycles. The van der Waals surface area contributed by atoms with E-state index < -0.39 is 12.7 Å². The van der Waals surface area contributed by atoms with E-state index in [0.29, 0.717) is 43.7 Å². The molecule has 1 atom stereocenters. The molecule has 1 fully saturated rings. The van der Waals surface area contributed by atoms with Crippen LogP contribution in [0, 0.1) is 0 Å². The van der Waals surface area contributed by atoms with Gasteiger partial charge in [-0.3, -0.25) is 4.90 Å². The predicted octanol–water partition coefficient (Wildman–Crippen LogP) is 2.43. The van der Waals surface area contributed by atoms with E-state index in [-0.39, 0.29) is 6.04 Å². The van der Waals surface area contributed by atoms with Gasteiger partial charge in [0.2, 0.25) is 0 Å². The smallest absolute Gasteiger partial charge is 0.357 e. The van der Waals surface area contributed by atoms with E-state index in [9.17, 15) is 13.2 Å². The van der Waals surface area contributed by atoms with Crippen molar-refractivity contribution in [3.63, 3.8) is 0 Å². The number of hydrogen-bond acceptors (Lipinski definition) is 3. The fourth-order valence-electron chi connectivity index (χ4n) is 2.53. The third-order valence-corrected chi connectivity index (χ3v) is 3.79. The summed E-state index contributed by atoms with van der Waals surface area (Å²) in [6.07, 6.45) is -1.85. The van der Waals surface area contributed by atoms with Crippen LogP contribution < -0.4 is 10.6 Å². The number of nitrogens with one attached hydrogen (secondary N) is 2. The van der Waals surface area contributed by atoms with Crippen LogP contribution in [0.1, 0.15) is 18.9 Å². The summed E-state index contributed by atoms with van der Waals surface area (Å²) in [7, 11) is 0. The van der Waals surface area contributed by atoms with Crippen molar-refractivity contribution in [2.24, 2.45) is 4.99 Å². The maximum Gasteiger partial charge on any atom is 0.401 e. The maximum absolute atomic E-state index is 12.4. The number of pyridine rings is 1. The van der Waals surface area contributed by atoms with Crippen LogP contribution in [0.2, 0.25) is 5.15 Å². The summed E-state index contributed by atoms with van der Waals surface area (Å²) in [5, 5.41) is 6.72. The molecule has 1 aromatic rings. The molecule has 1 aliphatic heterocycles. The molecule has 0 bridgehead atoms. The highest BCUT2D eigenvalue weighted by atomic mass is 35.5. The van der Waals surface area contributed by atoms with Crippen LogP contribution in [0.15, 0.2) is 23.3 Å². The highest BCUT2D eigenvalue weighted by Gasteiger charge is 2.34. The summed E-state index contributed by atoms with van der Waals surface area (Å²) in [5.41, 5.74) is 0.904. The Morgan fingerprint density at radius 3 is 2.88 bits per heavy atom. The Labute approximate surface area is 144 Å². The van der Waals surface area contributed by atoms with Crippen LogP contribution >= 0.6 is 11.6 Å². The molecule has 1 unspecified atom stereocenters. The normalized spacial score (nSPS) is 19.5. The lowest BCUT2D eigenvalue weighted by Crippen LogP contribution is -2.45.